The number of rotatable bonds is 3. The van der Waals surface area contributed by atoms with E-state index < -0.39 is 6.10 Å². The molecule has 0 aromatic carbocycles. The van der Waals surface area contributed by atoms with E-state index in [1.165, 1.54) is 6.26 Å². The quantitative estimate of drug-likeness (QED) is 0.536. The third-order valence-corrected chi connectivity index (χ3v) is 1.62. The zero-order valence-electron chi connectivity index (χ0n) is 8.66. The zero-order valence-corrected chi connectivity index (χ0v) is 8.66. The van der Waals surface area contributed by atoms with Crippen molar-refractivity contribution in [3.63, 3.8) is 0 Å². The molecule has 0 saturated carbocycles. The van der Waals surface area contributed by atoms with Crippen LogP contribution in [0.5, 0.6) is 0 Å². The first-order chi connectivity index (χ1) is 5.93. The number of nitriles is 1. The monoisotopic (exact) mass is 183 g/mol. The molecule has 0 aliphatic rings. The maximum absolute atomic E-state index is 9.70. The molecule has 0 aliphatic heterocycles. The Morgan fingerprint density at radius 2 is 2.15 bits per heavy atom. The summed E-state index contributed by atoms with van der Waals surface area (Å²) in [6.07, 6.45) is 0.555. The van der Waals surface area contributed by atoms with Crippen LogP contribution in [0.2, 0.25) is 0 Å². The average Bonchev–Trinajstić information content (AvgIpc) is 2.04. The smallest absolute Gasteiger partial charge is 0.101 e. The molecular formula is C10H17NO2. The maximum Gasteiger partial charge on any atom is 0.101 e. The molecule has 13 heavy (non-hydrogen) atoms. The molecule has 74 valence electrons. The first-order valence-electron chi connectivity index (χ1n) is 4.33. The molecule has 3 nitrogen and oxygen atoms in total. The average molecular weight is 183 g/mol. The van der Waals surface area contributed by atoms with E-state index in [0.717, 1.165) is 0 Å². The summed E-state index contributed by atoms with van der Waals surface area (Å²) in [5.41, 5.74) is -0.0621. The van der Waals surface area contributed by atoms with Gasteiger partial charge in [-0.15, -0.1) is 0 Å². The molecule has 0 radical (unpaired) electrons. The van der Waals surface area contributed by atoms with E-state index in [4.69, 9.17) is 10.00 Å². The van der Waals surface area contributed by atoms with Gasteiger partial charge in [0.05, 0.1) is 24.5 Å². The van der Waals surface area contributed by atoms with Crippen LogP contribution in [-0.4, -0.2) is 17.8 Å². The highest BCUT2D eigenvalue weighted by Crippen LogP contribution is 2.24. The van der Waals surface area contributed by atoms with Crippen molar-refractivity contribution >= 4 is 0 Å². The lowest BCUT2D eigenvalue weighted by Gasteiger charge is -2.24. The summed E-state index contributed by atoms with van der Waals surface area (Å²) in [6, 6.07) is 1.93. The summed E-state index contributed by atoms with van der Waals surface area (Å²) >= 11 is 0. The van der Waals surface area contributed by atoms with E-state index in [-0.39, 0.29) is 11.0 Å². The summed E-state index contributed by atoms with van der Waals surface area (Å²) < 4.78 is 4.96. The number of aliphatic hydroxyl groups is 1. The van der Waals surface area contributed by atoms with Crippen LogP contribution in [-0.2, 0) is 4.74 Å². The molecule has 0 spiro atoms. The SMILES string of the molecule is CCO/C=C(/C#N)C(O)C(C)(C)C. The van der Waals surface area contributed by atoms with Crippen LogP contribution in [0.4, 0.5) is 0 Å². The van der Waals surface area contributed by atoms with Crippen molar-refractivity contribution in [1.82, 2.24) is 0 Å². The third-order valence-electron chi connectivity index (χ3n) is 1.62. The van der Waals surface area contributed by atoms with Gasteiger partial charge in [0.15, 0.2) is 0 Å². The lowest BCUT2D eigenvalue weighted by molar-refractivity contribution is 0.0945. The van der Waals surface area contributed by atoms with Crippen molar-refractivity contribution in [3.8, 4) is 6.07 Å². The highest BCUT2D eigenvalue weighted by molar-refractivity contribution is 5.24. The minimum atomic E-state index is -0.774. The van der Waals surface area contributed by atoms with Gasteiger partial charge in [-0.2, -0.15) is 5.26 Å². The summed E-state index contributed by atoms with van der Waals surface area (Å²) in [5.74, 6) is 0. The Morgan fingerprint density at radius 3 is 2.46 bits per heavy atom. The molecule has 0 bridgehead atoms. The molecule has 0 rings (SSSR count). The second-order valence-electron chi connectivity index (χ2n) is 3.91. The third kappa shape index (κ3) is 3.95. The Kier molecular flexibility index (Phi) is 4.50. The van der Waals surface area contributed by atoms with Gasteiger partial charge in [0.25, 0.3) is 0 Å². The van der Waals surface area contributed by atoms with Gasteiger partial charge in [0.1, 0.15) is 6.07 Å². The van der Waals surface area contributed by atoms with Gasteiger partial charge in [-0.25, -0.2) is 0 Å². The molecule has 1 unspecified atom stereocenters. The van der Waals surface area contributed by atoms with Gasteiger partial charge < -0.3 is 9.84 Å². The fourth-order valence-electron chi connectivity index (χ4n) is 0.792. The van der Waals surface area contributed by atoms with Crippen LogP contribution in [0.15, 0.2) is 11.8 Å². The molecule has 0 aromatic heterocycles. The highest BCUT2D eigenvalue weighted by Gasteiger charge is 2.26. The fourth-order valence-corrected chi connectivity index (χ4v) is 0.792. The van der Waals surface area contributed by atoms with Gasteiger partial charge in [-0.05, 0) is 12.3 Å². The van der Waals surface area contributed by atoms with Crippen LogP contribution in [0.25, 0.3) is 0 Å². The van der Waals surface area contributed by atoms with E-state index >= 15 is 0 Å². The second-order valence-corrected chi connectivity index (χ2v) is 3.91. The first-order valence-corrected chi connectivity index (χ1v) is 4.33. The first kappa shape index (κ1) is 12.0. The van der Waals surface area contributed by atoms with Crippen molar-refractivity contribution in [1.29, 1.82) is 5.26 Å². The fraction of sp³-hybridized carbons (Fsp3) is 0.700. The van der Waals surface area contributed by atoms with Crippen LogP contribution in [0, 0.1) is 16.7 Å². The predicted octanol–water partition coefficient (Wildman–Crippen LogP) is 1.84. The molecular weight excluding hydrogens is 166 g/mol. The van der Waals surface area contributed by atoms with Gasteiger partial charge in [-0.3, -0.25) is 0 Å². The van der Waals surface area contributed by atoms with E-state index in [0.29, 0.717) is 6.61 Å². The number of hydrogen-bond donors (Lipinski definition) is 1. The maximum atomic E-state index is 9.70. The van der Waals surface area contributed by atoms with Crippen LogP contribution < -0.4 is 0 Å². The van der Waals surface area contributed by atoms with Crippen molar-refractivity contribution in [3.05, 3.63) is 11.8 Å². The highest BCUT2D eigenvalue weighted by atomic mass is 16.5. The van der Waals surface area contributed by atoms with Crippen molar-refractivity contribution in [2.75, 3.05) is 6.61 Å². The topological polar surface area (TPSA) is 53.2 Å². The number of hydrogen-bond acceptors (Lipinski definition) is 3. The predicted molar refractivity (Wildman–Crippen MR) is 50.8 cm³/mol. The van der Waals surface area contributed by atoms with Crippen LogP contribution in [0.3, 0.4) is 0 Å². The van der Waals surface area contributed by atoms with Gasteiger partial charge in [0.2, 0.25) is 0 Å². The summed E-state index contributed by atoms with van der Waals surface area (Å²) in [7, 11) is 0. The van der Waals surface area contributed by atoms with E-state index in [1.54, 1.807) is 0 Å². The molecule has 1 atom stereocenters. The van der Waals surface area contributed by atoms with E-state index in [9.17, 15) is 5.11 Å². The number of nitrogens with zero attached hydrogens (tertiary/aromatic N) is 1. The van der Waals surface area contributed by atoms with Gasteiger partial charge in [0, 0.05) is 0 Å². The standard InChI is InChI=1S/C10H17NO2/c1-5-13-7-8(6-11)9(12)10(2,3)4/h7,9,12H,5H2,1-4H3/b8-7-. The van der Waals surface area contributed by atoms with Crippen molar-refractivity contribution in [2.24, 2.45) is 5.41 Å². The Labute approximate surface area is 79.6 Å². The van der Waals surface area contributed by atoms with Crippen molar-refractivity contribution in [2.45, 2.75) is 33.8 Å². The molecule has 0 saturated heterocycles. The molecule has 0 aromatic rings. The minimum absolute atomic E-state index is 0.273. The Morgan fingerprint density at radius 1 is 1.62 bits per heavy atom. The minimum Gasteiger partial charge on any atom is -0.500 e. The largest absolute Gasteiger partial charge is 0.500 e. The van der Waals surface area contributed by atoms with E-state index in [2.05, 4.69) is 0 Å². The molecule has 0 heterocycles. The molecule has 0 aliphatic carbocycles. The van der Waals surface area contributed by atoms with E-state index in [1.807, 2.05) is 33.8 Å². The lowest BCUT2D eigenvalue weighted by atomic mass is 9.85. The Hall–Kier alpha value is -1.01. The number of aliphatic hydroxyl groups excluding tert-OH is 1. The normalized spacial score (nSPS) is 14.9. The Balaban J connectivity index is 4.52. The summed E-state index contributed by atoms with van der Waals surface area (Å²) in [5, 5.41) is 18.4. The molecule has 0 amide bonds. The second kappa shape index (κ2) is 4.88. The molecule has 1 N–H and O–H groups in total. The molecule has 0 fully saturated rings. The summed E-state index contributed by atoms with van der Waals surface area (Å²) in [6.45, 7) is 7.94. The lowest BCUT2D eigenvalue weighted by Crippen LogP contribution is -2.27. The zero-order chi connectivity index (χ0) is 10.5. The Bertz CT molecular complexity index is 220. The van der Waals surface area contributed by atoms with Crippen LogP contribution in [0.1, 0.15) is 27.7 Å². The van der Waals surface area contributed by atoms with Crippen LogP contribution >= 0.6 is 0 Å². The summed E-state index contributed by atoms with van der Waals surface area (Å²) in [4.78, 5) is 0. The molecule has 3 heteroatoms. The van der Waals surface area contributed by atoms with Gasteiger partial charge in [-0.1, -0.05) is 20.8 Å². The van der Waals surface area contributed by atoms with Crippen molar-refractivity contribution < 1.29 is 9.84 Å². The number of ether oxygens (including phenoxy) is 1. The van der Waals surface area contributed by atoms with Gasteiger partial charge >= 0.3 is 0 Å².